The van der Waals surface area contributed by atoms with E-state index in [1.807, 2.05) is 5.87 Å². The number of nitrogens with one attached hydrogen (secondary N) is 1. The quantitative estimate of drug-likeness (QED) is 0.276. The first kappa shape index (κ1) is 9.59. The molecule has 0 fully saturated rings. The Hall–Kier alpha value is -1.41. The Morgan fingerprint density at radius 3 is 2.45 bits per heavy atom. The van der Waals surface area contributed by atoms with Crippen LogP contribution < -0.4 is 0 Å². The highest BCUT2D eigenvalue weighted by atomic mass is 16.5. The normalized spacial score (nSPS) is 8.18. The Balaban J connectivity index is 4.26. The number of esters is 1. The Bertz CT molecular complexity index is 226. The Morgan fingerprint density at radius 2 is 2.09 bits per heavy atom. The molecule has 4 nitrogen and oxygen atoms in total. The fourth-order valence-electron chi connectivity index (χ4n) is 0.407. The second-order valence-corrected chi connectivity index (χ2v) is 1.80. The topological polar surface area (TPSA) is 67.2 Å². The van der Waals surface area contributed by atoms with Crippen molar-refractivity contribution >= 4 is 17.6 Å². The van der Waals surface area contributed by atoms with Crippen molar-refractivity contribution in [3.8, 4) is 0 Å². The van der Waals surface area contributed by atoms with Gasteiger partial charge in [-0.25, -0.2) is 4.79 Å². The van der Waals surface area contributed by atoms with Crippen LogP contribution in [0.4, 0.5) is 0 Å². The minimum Gasteiger partial charge on any atom is -0.460 e. The number of hydrogen-bond donors (Lipinski definition) is 1. The van der Waals surface area contributed by atoms with E-state index in [-0.39, 0.29) is 12.2 Å². The molecule has 4 heteroatoms. The van der Waals surface area contributed by atoms with E-state index in [1.54, 1.807) is 6.92 Å². The Kier molecular flexibility index (Phi) is 3.85. The first-order valence-corrected chi connectivity index (χ1v) is 3.11. The molecule has 0 aromatic rings. The highest BCUT2D eigenvalue weighted by molar-refractivity contribution is 6.42. The van der Waals surface area contributed by atoms with E-state index in [2.05, 4.69) is 4.74 Å². The first-order chi connectivity index (χ1) is 5.13. The van der Waals surface area contributed by atoms with E-state index in [1.165, 1.54) is 6.92 Å². The molecular formula is C7H9NO3. The molecule has 11 heavy (non-hydrogen) atoms. The van der Waals surface area contributed by atoms with Gasteiger partial charge in [0, 0.05) is 0 Å². The summed E-state index contributed by atoms with van der Waals surface area (Å²) in [5.41, 5.74) is -0.0385. The lowest BCUT2D eigenvalue weighted by atomic mass is 10.2. The maximum atomic E-state index is 10.8. The van der Waals surface area contributed by atoms with Crippen molar-refractivity contribution in [2.75, 3.05) is 6.61 Å². The molecule has 0 heterocycles. The van der Waals surface area contributed by atoms with Crippen LogP contribution in [0.25, 0.3) is 0 Å². The summed E-state index contributed by atoms with van der Waals surface area (Å²) in [6.07, 6.45) is 0. The van der Waals surface area contributed by atoms with Crippen molar-refractivity contribution in [3.63, 3.8) is 0 Å². The molecule has 0 saturated heterocycles. The summed E-state index contributed by atoms with van der Waals surface area (Å²) in [5, 5.41) is 6.55. The van der Waals surface area contributed by atoms with Gasteiger partial charge in [0.25, 0.3) is 5.78 Å². The van der Waals surface area contributed by atoms with Crippen LogP contribution in [0.3, 0.4) is 0 Å². The molecule has 0 bridgehead atoms. The number of ether oxygens (including phenoxy) is 1. The molecule has 0 aromatic heterocycles. The van der Waals surface area contributed by atoms with Crippen LogP contribution in [0.15, 0.2) is 5.57 Å². The largest absolute Gasteiger partial charge is 0.460 e. The Labute approximate surface area is 64.4 Å². The predicted molar refractivity (Wildman–Crippen MR) is 38.6 cm³/mol. The van der Waals surface area contributed by atoms with Crippen LogP contribution >= 0.6 is 0 Å². The summed E-state index contributed by atoms with van der Waals surface area (Å²) in [6.45, 7) is 3.11. The lowest BCUT2D eigenvalue weighted by Gasteiger charge is -1.97. The number of carbonyl (C=O) groups is 2. The minimum absolute atomic E-state index is 0.0385. The van der Waals surface area contributed by atoms with Crippen molar-refractivity contribution in [1.29, 1.82) is 5.41 Å². The standard InChI is InChI=1S/C7H9NO3/c1-3-11-7(10)6(9)5(2)4-8/h8H,3H2,1-2H3. The van der Waals surface area contributed by atoms with Crippen molar-refractivity contribution in [3.05, 3.63) is 5.57 Å². The highest BCUT2D eigenvalue weighted by Crippen LogP contribution is 1.91. The van der Waals surface area contributed by atoms with Crippen molar-refractivity contribution in [2.24, 2.45) is 0 Å². The maximum absolute atomic E-state index is 10.8. The monoisotopic (exact) mass is 155 g/mol. The summed E-state index contributed by atoms with van der Waals surface area (Å²) >= 11 is 0. The van der Waals surface area contributed by atoms with Gasteiger partial charge in [-0.2, -0.15) is 0 Å². The molecule has 0 unspecified atom stereocenters. The third-order valence-corrected chi connectivity index (χ3v) is 0.989. The van der Waals surface area contributed by atoms with Gasteiger partial charge in [-0.1, -0.05) is 0 Å². The molecule has 0 aromatic carbocycles. The van der Waals surface area contributed by atoms with Crippen molar-refractivity contribution in [2.45, 2.75) is 13.8 Å². The van der Waals surface area contributed by atoms with Gasteiger partial charge in [0.05, 0.1) is 12.2 Å². The number of ketones is 1. The van der Waals surface area contributed by atoms with Crippen molar-refractivity contribution in [1.82, 2.24) is 0 Å². The minimum atomic E-state index is -0.926. The SMILES string of the molecule is CCOC(=O)C(=O)C(C)=C=N. The van der Waals surface area contributed by atoms with E-state index in [9.17, 15) is 9.59 Å². The number of rotatable bonds is 3. The molecule has 0 saturated carbocycles. The van der Waals surface area contributed by atoms with Gasteiger partial charge in [0.2, 0.25) is 0 Å². The zero-order valence-corrected chi connectivity index (χ0v) is 6.43. The fourth-order valence-corrected chi connectivity index (χ4v) is 0.407. The van der Waals surface area contributed by atoms with E-state index < -0.39 is 11.8 Å². The predicted octanol–water partition coefficient (Wildman–Crippen LogP) is 0.313. The summed E-state index contributed by atoms with van der Waals surface area (Å²) in [5.74, 6) is 0.0903. The van der Waals surface area contributed by atoms with E-state index >= 15 is 0 Å². The Morgan fingerprint density at radius 1 is 1.55 bits per heavy atom. The zero-order valence-electron chi connectivity index (χ0n) is 6.43. The average molecular weight is 155 g/mol. The van der Waals surface area contributed by atoms with E-state index in [0.717, 1.165) is 0 Å². The summed E-state index contributed by atoms with van der Waals surface area (Å²) in [4.78, 5) is 21.4. The highest BCUT2D eigenvalue weighted by Gasteiger charge is 2.16. The van der Waals surface area contributed by atoms with Crippen LogP contribution in [0, 0.1) is 5.41 Å². The molecule has 0 radical (unpaired) electrons. The fraction of sp³-hybridized carbons (Fsp3) is 0.429. The third kappa shape index (κ3) is 2.78. The molecule has 0 aliphatic heterocycles. The second-order valence-electron chi connectivity index (χ2n) is 1.80. The van der Waals surface area contributed by atoms with Crippen LogP contribution in [0.2, 0.25) is 0 Å². The molecule has 0 atom stereocenters. The van der Waals surface area contributed by atoms with Gasteiger partial charge in [0.15, 0.2) is 0 Å². The van der Waals surface area contributed by atoms with E-state index in [4.69, 9.17) is 5.41 Å². The lowest BCUT2D eigenvalue weighted by Crippen LogP contribution is -2.18. The summed E-state index contributed by atoms with van der Waals surface area (Å²) in [7, 11) is 0. The van der Waals surface area contributed by atoms with Gasteiger partial charge in [-0.05, 0) is 19.7 Å². The number of carbonyl (C=O) groups excluding carboxylic acids is 2. The first-order valence-electron chi connectivity index (χ1n) is 3.11. The summed E-state index contributed by atoms with van der Waals surface area (Å²) in [6, 6.07) is 0. The van der Waals surface area contributed by atoms with Crippen LogP contribution in [-0.4, -0.2) is 24.2 Å². The number of Topliss-reactive ketones (excluding diaryl/α,β-unsaturated/α-hetero) is 1. The second kappa shape index (κ2) is 4.41. The molecule has 1 N–H and O–H groups in total. The number of hydrogen-bond acceptors (Lipinski definition) is 4. The zero-order chi connectivity index (χ0) is 8.85. The van der Waals surface area contributed by atoms with Gasteiger partial charge in [0.1, 0.15) is 0 Å². The van der Waals surface area contributed by atoms with E-state index in [0.29, 0.717) is 0 Å². The van der Waals surface area contributed by atoms with Crippen molar-refractivity contribution < 1.29 is 14.3 Å². The molecule has 0 amide bonds. The average Bonchev–Trinajstić information content (AvgIpc) is 2.02. The van der Waals surface area contributed by atoms with Gasteiger partial charge < -0.3 is 4.74 Å². The molecule has 60 valence electrons. The molecule has 0 rings (SSSR count). The maximum Gasteiger partial charge on any atom is 0.380 e. The van der Waals surface area contributed by atoms with Crippen LogP contribution in [0.1, 0.15) is 13.8 Å². The smallest absolute Gasteiger partial charge is 0.380 e. The summed E-state index contributed by atoms with van der Waals surface area (Å²) < 4.78 is 4.39. The molecular weight excluding hydrogens is 146 g/mol. The van der Waals surface area contributed by atoms with Crippen LogP contribution in [0.5, 0.6) is 0 Å². The van der Waals surface area contributed by atoms with Gasteiger partial charge in [-0.15, -0.1) is 0 Å². The van der Waals surface area contributed by atoms with Crippen LogP contribution in [-0.2, 0) is 14.3 Å². The molecule has 0 spiro atoms. The van der Waals surface area contributed by atoms with Gasteiger partial charge in [-0.3, -0.25) is 10.2 Å². The molecule has 0 aliphatic carbocycles. The lowest BCUT2D eigenvalue weighted by molar-refractivity contribution is -0.151. The third-order valence-electron chi connectivity index (χ3n) is 0.989. The molecule has 0 aliphatic rings. The van der Waals surface area contributed by atoms with Gasteiger partial charge >= 0.3 is 5.97 Å².